The van der Waals surface area contributed by atoms with Gasteiger partial charge in [-0.25, -0.2) is 0 Å². The summed E-state index contributed by atoms with van der Waals surface area (Å²) in [7, 11) is 0. The highest BCUT2D eigenvalue weighted by atomic mass is 15.1. The van der Waals surface area contributed by atoms with Gasteiger partial charge in [0.05, 0.1) is 11.4 Å². The van der Waals surface area contributed by atoms with Gasteiger partial charge < -0.3 is 10.2 Å². The van der Waals surface area contributed by atoms with Crippen LogP contribution in [0.5, 0.6) is 0 Å². The quantitative estimate of drug-likeness (QED) is 0.655. The van der Waals surface area contributed by atoms with E-state index in [4.69, 9.17) is 0 Å². The van der Waals surface area contributed by atoms with E-state index in [0.717, 1.165) is 13.1 Å². The Hall–Kier alpha value is -1.96. The van der Waals surface area contributed by atoms with E-state index >= 15 is 0 Å². The Bertz CT molecular complexity index is 703. The molecule has 2 aromatic carbocycles. The second-order valence-electron chi connectivity index (χ2n) is 6.29. The average molecular weight is 264 g/mol. The van der Waals surface area contributed by atoms with Gasteiger partial charge in [-0.1, -0.05) is 30.7 Å². The summed E-state index contributed by atoms with van der Waals surface area (Å²) in [6.45, 7) is 8.84. The number of benzene rings is 2. The molecular formula is C18H20N2. The molecule has 0 aromatic heterocycles. The molecule has 20 heavy (non-hydrogen) atoms. The van der Waals surface area contributed by atoms with E-state index in [-0.39, 0.29) is 0 Å². The van der Waals surface area contributed by atoms with Crippen molar-refractivity contribution in [1.82, 2.24) is 0 Å². The maximum atomic E-state index is 3.35. The van der Waals surface area contributed by atoms with Crippen LogP contribution < -0.4 is 10.2 Å². The van der Waals surface area contributed by atoms with Gasteiger partial charge in [0, 0.05) is 18.8 Å². The molecule has 2 aliphatic rings. The number of nitrogens with zero attached hydrogens (tertiary/aromatic N) is 1. The fourth-order valence-electron chi connectivity index (χ4n) is 3.40. The van der Waals surface area contributed by atoms with Gasteiger partial charge in [0.2, 0.25) is 0 Å². The smallest absolute Gasteiger partial charge is 0.0655 e. The predicted molar refractivity (Wildman–Crippen MR) is 85.1 cm³/mol. The maximum absolute atomic E-state index is 3.35. The lowest BCUT2D eigenvalue weighted by atomic mass is 9.89. The molecule has 2 nitrogen and oxygen atoms in total. The van der Waals surface area contributed by atoms with Gasteiger partial charge in [-0.2, -0.15) is 0 Å². The standard InChI is InChI=1S/C18H20N2/c1-11-4-5-14-10-20(9-13(3)16(14)6-11)15-7-12(2)18-17(8-15)19-18/h4-8,13,19H,9-10H2,1-3H3. The van der Waals surface area contributed by atoms with Gasteiger partial charge in [0.1, 0.15) is 0 Å². The molecule has 0 aliphatic carbocycles. The monoisotopic (exact) mass is 264 g/mol. The van der Waals surface area contributed by atoms with Gasteiger partial charge in [-0.05, 0) is 48.6 Å². The van der Waals surface area contributed by atoms with Gasteiger partial charge >= 0.3 is 0 Å². The molecule has 0 fully saturated rings. The molecule has 2 heterocycles. The number of anilines is 3. The minimum Gasteiger partial charge on any atom is -0.367 e. The van der Waals surface area contributed by atoms with Gasteiger partial charge in [-0.3, -0.25) is 0 Å². The van der Waals surface area contributed by atoms with E-state index in [1.807, 2.05) is 0 Å². The molecule has 2 aliphatic heterocycles. The molecule has 0 radical (unpaired) electrons. The molecular weight excluding hydrogens is 244 g/mol. The Morgan fingerprint density at radius 1 is 1.15 bits per heavy atom. The zero-order valence-electron chi connectivity index (χ0n) is 12.3. The van der Waals surface area contributed by atoms with Crippen LogP contribution in [0.3, 0.4) is 0 Å². The number of rotatable bonds is 1. The zero-order valence-corrected chi connectivity index (χ0v) is 12.3. The minimum atomic E-state index is 0.593. The van der Waals surface area contributed by atoms with Crippen LogP contribution in [-0.2, 0) is 6.54 Å². The van der Waals surface area contributed by atoms with Crippen LogP contribution in [-0.4, -0.2) is 6.54 Å². The van der Waals surface area contributed by atoms with Crippen molar-refractivity contribution in [2.24, 2.45) is 0 Å². The molecule has 2 aromatic rings. The first-order valence-corrected chi connectivity index (χ1v) is 7.38. The van der Waals surface area contributed by atoms with Crippen molar-refractivity contribution >= 4 is 17.1 Å². The van der Waals surface area contributed by atoms with Crippen molar-refractivity contribution in [3.63, 3.8) is 0 Å². The molecule has 2 heteroatoms. The van der Waals surface area contributed by atoms with E-state index in [1.54, 1.807) is 0 Å². The molecule has 0 amide bonds. The highest BCUT2D eigenvalue weighted by Crippen LogP contribution is 2.45. The molecule has 1 N–H and O–H groups in total. The SMILES string of the molecule is Cc1ccc2c(c1)C(C)CN(c1cc(C)c3c(c1)N3)C2. The summed E-state index contributed by atoms with van der Waals surface area (Å²) in [5.41, 5.74) is 9.72. The summed E-state index contributed by atoms with van der Waals surface area (Å²) in [5, 5.41) is 3.35. The fraction of sp³-hybridized carbons (Fsp3) is 0.333. The third kappa shape index (κ3) is 1.79. The Morgan fingerprint density at radius 3 is 2.80 bits per heavy atom. The number of hydrogen-bond donors (Lipinski definition) is 1. The molecule has 1 unspecified atom stereocenters. The largest absolute Gasteiger partial charge is 0.367 e. The number of fused-ring (bicyclic) bond motifs is 2. The second kappa shape index (κ2) is 4.02. The van der Waals surface area contributed by atoms with Crippen molar-refractivity contribution in [3.8, 4) is 0 Å². The van der Waals surface area contributed by atoms with E-state index in [2.05, 4.69) is 61.3 Å². The van der Waals surface area contributed by atoms with Crippen molar-refractivity contribution < 1.29 is 0 Å². The normalized spacial score (nSPS) is 19.1. The van der Waals surface area contributed by atoms with Crippen LogP contribution in [0.1, 0.15) is 35.1 Å². The minimum absolute atomic E-state index is 0.593. The summed E-state index contributed by atoms with van der Waals surface area (Å²) in [6.07, 6.45) is 0. The Kier molecular flexibility index (Phi) is 2.38. The lowest BCUT2D eigenvalue weighted by Gasteiger charge is -2.35. The first-order valence-electron chi connectivity index (χ1n) is 7.38. The maximum Gasteiger partial charge on any atom is 0.0655 e. The van der Waals surface area contributed by atoms with Crippen LogP contribution in [0.15, 0.2) is 30.3 Å². The van der Waals surface area contributed by atoms with E-state index in [9.17, 15) is 0 Å². The summed E-state index contributed by atoms with van der Waals surface area (Å²) in [6, 6.07) is 11.5. The molecule has 1 atom stereocenters. The lowest BCUT2D eigenvalue weighted by molar-refractivity contribution is 0.639. The Labute approximate surface area is 120 Å². The summed E-state index contributed by atoms with van der Waals surface area (Å²) < 4.78 is 0. The molecule has 102 valence electrons. The Morgan fingerprint density at radius 2 is 2.00 bits per heavy atom. The topological polar surface area (TPSA) is 25.2 Å². The summed E-state index contributed by atoms with van der Waals surface area (Å²) in [4.78, 5) is 2.51. The van der Waals surface area contributed by atoms with Crippen LogP contribution >= 0.6 is 0 Å². The first-order chi connectivity index (χ1) is 9.61. The van der Waals surface area contributed by atoms with Crippen molar-refractivity contribution in [1.29, 1.82) is 0 Å². The highest BCUT2D eigenvalue weighted by molar-refractivity contribution is 5.95. The van der Waals surface area contributed by atoms with Crippen LogP contribution in [0.25, 0.3) is 0 Å². The molecule has 4 rings (SSSR count). The first kappa shape index (κ1) is 11.8. The van der Waals surface area contributed by atoms with Crippen molar-refractivity contribution in [2.75, 3.05) is 16.8 Å². The van der Waals surface area contributed by atoms with Crippen LogP contribution in [0, 0.1) is 13.8 Å². The van der Waals surface area contributed by atoms with Crippen LogP contribution in [0.2, 0.25) is 0 Å². The number of nitrogens with one attached hydrogen (secondary N) is 1. The number of aryl methyl sites for hydroxylation is 2. The fourth-order valence-corrected chi connectivity index (χ4v) is 3.40. The molecule has 0 saturated heterocycles. The molecule has 0 saturated carbocycles. The third-order valence-corrected chi connectivity index (χ3v) is 4.57. The van der Waals surface area contributed by atoms with E-state index in [0.29, 0.717) is 5.92 Å². The van der Waals surface area contributed by atoms with Gasteiger partial charge in [0.25, 0.3) is 0 Å². The average Bonchev–Trinajstić information content (AvgIpc) is 3.19. The van der Waals surface area contributed by atoms with Crippen molar-refractivity contribution in [3.05, 3.63) is 52.6 Å². The van der Waals surface area contributed by atoms with Crippen LogP contribution in [0.4, 0.5) is 17.1 Å². The second-order valence-corrected chi connectivity index (χ2v) is 6.29. The highest BCUT2D eigenvalue weighted by Gasteiger charge is 2.26. The number of hydrogen-bond acceptors (Lipinski definition) is 2. The zero-order chi connectivity index (χ0) is 13.9. The Balaban J connectivity index is 1.71. The van der Waals surface area contributed by atoms with Crippen molar-refractivity contribution in [2.45, 2.75) is 33.2 Å². The van der Waals surface area contributed by atoms with Gasteiger partial charge in [0.15, 0.2) is 0 Å². The van der Waals surface area contributed by atoms with E-state index < -0.39 is 0 Å². The summed E-state index contributed by atoms with van der Waals surface area (Å²) in [5.74, 6) is 0.593. The predicted octanol–water partition coefficient (Wildman–Crippen LogP) is 4.48. The molecule has 0 bridgehead atoms. The van der Waals surface area contributed by atoms with Gasteiger partial charge in [-0.15, -0.1) is 0 Å². The third-order valence-electron chi connectivity index (χ3n) is 4.57. The molecule has 0 spiro atoms. The lowest BCUT2D eigenvalue weighted by Crippen LogP contribution is -2.32. The summed E-state index contributed by atoms with van der Waals surface area (Å²) >= 11 is 0. The van der Waals surface area contributed by atoms with E-state index in [1.165, 1.54) is 39.3 Å².